The molecule has 2 aromatic rings. The number of rotatable bonds is 7. The van der Waals surface area contributed by atoms with Gasteiger partial charge in [0.25, 0.3) is 0 Å². The van der Waals surface area contributed by atoms with E-state index in [-0.39, 0.29) is 30.4 Å². The van der Waals surface area contributed by atoms with E-state index in [0.717, 1.165) is 35.1 Å². The molecular weight excluding hydrogens is 432 g/mol. The van der Waals surface area contributed by atoms with E-state index in [1.54, 1.807) is 4.90 Å². The third-order valence-corrected chi connectivity index (χ3v) is 7.54. The summed E-state index contributed by atoms with van der Waals surface area (Å²) >= 11 is 0. The van der Waals surface area contributed by atoms with Gasteiger partial charge in [-0.1, -0.05) is 55.5 Å². The molecule has 2 N–H and O–H groups in total. The summed E-state index contributed by atoms with van der Waals surface area (Å²) in [6.07, 6.45) is 2.15. The Morgan fingerprint density at radius 3 is 2.21 bits per heavy atom. The first kappa shape index (κ1) is 22.4. The third kappa shape index (κ3) is 4.04. The van der Waals surface area contributed by atoms with Crippen molar-refractivity contribution in [2.45, 2.75) is 50.6 Å². The predicted octanol–water partition coefficient (Wildman–Crippen LogP) is 4.02. The predicted molar refractivity (Wildman–Crippen MR) is 126 cm³/mol. The Hall–Kier alpha value is -3.35. The second-order valence-electron chi connectivity index (χ2n) is 9.53. The van der Waals surface area contributed by atoms with E-state index < -0.39 is 24.0 Å². The van der Waals surface area contributed by atoms with Crippen molar-refractivity contribution in [3.63, 3.8) is 0 Å². The van der Waals surface area contributed by atoms with Crippen molar-refractivity contribution in [2.75, 3.05) is 13.2 Å². The summed E-state index contributed by atoms with van der Waals surface area (Å²) in [6, 6.07) is 15.3. The van der Waals surface area contributed by atoms with Crippen molar-refractivity contribution < 1.29 is 24.2 Å². The van der Waals surface area contributed by atoms with E-state index >= 15 is 0 Å². The molecule has 1 saturated heterocycles. The number of alkyl carbamates (subject to hydrolysis) is 1. The van der Waals surface area contributed by atoms with Crippen molar-refractivity contribution >= 4 is 18.0 Å². The van der Waals surface area contributed by atoms with E-state index in [1.165, 1.54) is 0 Å². The third-order valence-electron chi connectivity index (χ3n) is 7.54. The number of amides is 2. The van der Waals surface area contributed by atoms with Crippen molar-refractivity contribution in [1.29, 1.82) is 0 Å². The maximum atomic E-state index is 13.4. The molecular formula is C27H30N2O5. The number of benzene rings is 2. The number of hydrogen-bond acceptors (Lipinski definition) is 4. The lowest BCUT2D eigenvalue weighted by molar-refractivity contribution is -0.143. The van der Waals surface area contributed by atoms with Crippen LogP contribution in [0.5, 0.6) is 0 Å². The lowest BCUT2D eigenvalue weighted by Gasteiger charge is -2.30. The quantitative estimate of drug-likeness (QED) is 0.648. The molecule has 3 atom stereocenters. The monoisotopic (exact) mass is 462 g/mol. The maximum absolute atomic E-state index is 13.4. The number of carboxylic acid groups (broad SMARTS) is 1. The molecule has 0 radical (unpaired) electrons. The fourth-order valence-corrected chi connectivity index (χ4v) is 5.68. The van der Waals surface area contributed by atoms with Gasteiger partial charge in [0.2, 0.25) is 5.91 Å². The topological polar surface area (TPSA) is 95.9 Å². The van der Waals surface area contributed by atoms with Gasteiger partial charge in [-0.15, -0.1) is 0 Å². The molecule has 3 unspecified atom stereocenters. The van der Waals surface area contributed by atoms with Crippen LogP contribution in [-0.2, 0) is 14.3 Å². The number of hydrogen-bond donors (Lipinski definition) is 2. The first-order valence-electron chi connectivity index (χ1n) is 12.1. The molecule has 0 bridgehead atoms. The van der Waals surface area contributed by atoms with E-state index in [4.69, 9.17) is 4.74 Å². The number of ether oxygens (including phenoxy) is 1. The Morgan fingerprint density at radius 2 is 1.65 bits per heavy atom. The molecule has 1 heterocycles. The average molecular weight is 463 g/mol. The molecule has 2 aromatic carbocycles. The number of carboxylic acids is 1. The number of nitrogens with one attached hydrogen (secondary N) is 1. The summed E-state index contributed by atoms with van der Waals surface area (Å²) in [4.78, 5) is 39.4. The minimum Gasteiger partial charge on any atom is -0.481 e. The molecule has 178 valence electrons. The minimum atomic E-state index is -0.866. The largest absolute Gasteiger partial charge is 0.481 e. The van der Waals surface area contributed by atoms with E-state index in [9.17, 15) is 19.5 Å². The second kappa shape index (κ2) is 9.12. The van der Waals surface area contributed by atoms with E-state index in [1.807, 2.05) is 31.2 Å². The standard InChI is InChI=1S/C27H30N2O5/c1-2-23-21(26(31)32)13-14-29(23)25(30)24(16-11-12-16)28-27(33)34-15-22-19-9-5-3-7-17(19)18-8-4-6-10-20(18)22/h3-10,16,21-24H,2,11-15H2,1H3,(H,28,33)(H,31,32). The molecule has 34 heavy (non-hydrogen) atoms. The number of carbonyl (C=O) groups is 3. The fraction of sp³-hybridized carbons (Fsp3) is 0.444. The van der Waals surface area contributed by atoms with Crippen molar-refractivity contribution in [3.05, 3.63) is 59.7 Å². The molecule has 1 saturated carbocycles. The van der Waals surface area contributed by atoms with Gasteiger partial charge < -0.3 is 20.1 Å². The van der Waals surface area contributed by atoms with Gasteiger partial charge in [-0.3, -0.25) is 9.59 Å². The fourth-order valence-electron chi connectivity index (χ4n) is 5.68. The zero-order chi connectivity index (χ0) is 23.8. The molecule has 3 aliphatic rings. The van der Waals surface area contributed by atoms with Crippen LogP contribution in [0.2, 0.25) is 0 Å². The van der Waals surface area contributed by atoms with Crippen LogP contribution in [0.4, 0.5) is 4.79 Å². The first-order valence-corrected chi connectivity index (χ1v) is 12.1. The second-order valence-corrected chi connectivity index (χ2v) is 9.53. The normalized spacial score (nSPS) is 22.1. The minimum absolute atomic E-state index is 0.0485. The average Bonchev–Trinajstić information content (AvgIpc) is 3.51. The van der Waals surface area contributed by atoms with Crippen molar-refractivity contribution in [3.8, 4) is 11.1 Å². The van der Waals surface area contributed by atoms with Gasteiger partial charge in [-0.05, 0) is 53.9 Å². The Labute approximate surface area is 199 Å². The Bertz CT molecular complexity index is 1070. The zero-order valence-electron chi connectivity index (χ0n) is 19.3. The summed E-state index contributed by atoms with van der Waals surface area (Å²) < 4.78 is 5.66. The highest BCUT2D eigenvalue weighted by molar-refractivity contribution is 5.88. The Balaban J connectivity index is 1.26. The van der Waals surface area contributed by atoms with E-state index in [0.29, 0.717) is 19.4 Å². The maximum Gasteiger partial charge on any atom is 0.407 e. The molecule has 0 spiro atoms. The molecule has 2 amide bonds. The lowest BCUT2D eigenvalue weighted by Crippen LogP contribution is -2.52. The van der Waals surface area contributed by atoms with Gasteiger partial charge in [0.1, 0.15) is 12.6 Å². The van der Waals surface area contributed by atoms with E-state index in [2.05, 4.69) is 29.6 Å². The van der Waals surface area contributed by atoms with Crippen molar-refractivity contribution in [1.82, 2.24) is 10.2 Å². The highest BCUT2D eigenvalue weighted by atomic mass is 16.5. The summed E-state index contributed by atoms with van der Waals surface area (Å²) in [6.45, 7) is 2.50. The van der Waals surface area contributed by atoms with Gasteiger partial charge >= 0.3 is 12.1 Å². The summed E-state index contributed by atoms with van der Waals surface area (Å²) in [5, 5.41) is 12.3. The Morgan fingerprint density at radius 1 is 1.03 bits per heavy atom. The highest BCUT2D eigenvalue weighted by Crippen LogP contribution is 2.44. The van der Waals surface area contributed by atoms with Crippen LogP contribution in [0.1, 0.15) is 49.7 Å². The molecule has 0 aromatic heterocycles. The lowest BCUT2D eigenvalue weighted by atomic mass is 9.98. The molecule has 2 fully saturated rings. The number of likely N-dealkylation sites (tertiary alicyclic amines) is 1. The summed E-state index contributed by atoms with van der Waals surface area (Å²) in [7, 11) is 0. The number of fused-ring (bicyclic) bond motifs is 3. The van der Waals surface area contributed by atoms with Crippen LogP contribution in [0.25, 0.3) is 11.1 Å². The molecule has 2 aliphatic carbocycles. The highest BCUT2D eigenvalue weighted by Gasteiger charge is 2.46. The van der Waals surface area contributed by atoms with Crippen LogP contribution in [0.3, 0.4) is 0 Å². The number of carbonyl (C=O) groups excluding carboxylic acids is 2. The number of aliphatic carboxylic acids is 1. The van der Waals surface area contributed by atoms with Gasteiger partial charge in [0.15, 0.2) is 0 Å². The number of nitrogens with zero attached hydrogens (tertiary/aromatic N) is 1. The molecule has 7 heteroatoms. The zero-order valence-corrected chi connectivity index (χ0v) is 19.3. The molecule has 1 aliphatic heterocycles. The van der Waals surface area contributed by atoms with Crippen LogP contribution >= 0.6 is 0 Å². The van der Waals surface area contributed by atoms with Gasteiger partial charge in [-0.2, -0.15) is 0 Å². The van der Waals surface area contributed by atoms with Crippen LogP contribution in [0.15, 0.2) is 48.5 Å². The van der Waals surface area contributed by atoms with Gasteiger partial charge in [0.05, 0.1) is 5.92 Å². The Kier molecular flexibility index (Phi) is 6.02. The smallest absolute Gasteiger partial charge is 0.407 e. The first-order chi connectivity index (χ1) is 16.5. The SMILES string of the molecule is CCC1C(C(=O)O)CCN1C(=O)C(NC(=O)OCC1c2ccccc2-c2ccccc21)C1CC1. The van der Waals surface area contributed by atoms with Crippen molar-refractivity contribution in [2.24, 2.45) is 11.8 Å². The molecule has 7 nitrogen and oxygen atoms in total. The van der Waals surface area contributed by atoms with Crippen LogP contribution in [0, 0.1) is 11.8 Å². The van der Waals surface area contributed by atoms with Crippen LogP contribution in [-0.4, -0.2) is 53.2 Å². The molecule has 5 rings (SSSR count). The summed E-state index contributed by atoms with van der Waals surface area (Å²) in [5.74, 6) is -1.58. The van der Waals surface area contributed by atoms with Gasteiger partial charge in [-0.25, -0.2) is 4.79 Å². The summed E-state index contributed by atoms with van der Waals surface area (Å²) in [5.41, 5.74) is 4.58. The van der Waals surface area contributed by atoms with Crippen LogP contribution < -0.4 is 5.32 Å². The van der Waals surface area contributed by atoms with Gasteiger partial charge in [0, 0.05) is 18.5 Å².